The second-order valence-electron chi connectivity index (χ2n) is 9.10. The van der Waals surface area contributed by atoms with Crippen LogP contribution in [0.4, 0.5) is 0 Å². The van der Waals surface area contributed by atoms with Gasteiger partial charge in [-0.15, -0.1) is 0 Å². The van der Waals surface area contributed by atoms with Gasteiger partial charge in [0.2, 0.25) is 0 Å². The smallest absolute Gasteiger partial charge is 0.325 e. The molecule has 2 atom stereocenters. The van der Waals surface area contributed by atoms with Crippen molar-refractivity contribution in [3.8, 4) is 5.75 Å². The number of H-pyrrole nitrogens is 1. The average Bonchev–Trinajstić information content (AvgIpc) is 3.41. The van der Waals surface area contributed by atoms with Gasteiger partial charge in [0.15, 0.2) is 9.84 Å². The Morgan fingerprint density at radius 1 is 1.12 bits per heavy atom. The zero-order chi connectivity index (χ0) is 23.7. The summed E-state index contributed by atoms with van der Waals surface area (Å²) in [5.74, 6) is 0.255. The lowest BCUT2D eigenvalue weighted by Gasteiger charge is -2.40. The van der Waals surface area contributed by atoms with Gasteiger partial charge in [0.25, 0.3) is 0 Å². The lowest BCUT2D eigenvalue weighted by molar-refractivity contribution is -0.144. The summed E-state index contributed by atoms with van der Waals surface area (Å²) in [6.45, 7) is 2.91. The quantitative estimate of drug-likeness (QED) is 0.533. The van der Waals surface area contributed by atoms with Crippen LogP contribution in [0.25, 0.3) is 10.9 Å². The van der Waals surface area contributed by atoms with E-state index < -0.39 is 21.8 Å². The minimum Gasteiger partial charge on any atom is -0.489 e. The van der Waals surface area contributed by atoms with Gasteiger partial charge in [-0.25, -0.2) is 8.42 Å². The zero-order valence-electron chi connectivity index (χ0n) is 18.9. The van der Waals surface area contributed by atoms with Gasteiger partial charge in [-0.3, -0.25) is 14.6 Å². The number of carbonyl (C=O) groups is 1. The van der Waals surface area contributed by atoms with Gasteiger partial charge in [0.05, 0.1) is 11.5 Å². The Morgan fingerprint density at radius 3 is 2.56 bits per heavy atom. The van der Waals surface area contributed by atoms with E-state index in [9.17, 15) is 18.3 Å². The first-order valence-corrected chi connectivity index (χ1v) is 13.4. The molecule has 0 amide bonds. The predicted octanol–water partition coefficient (Wildman–Crippen LogP) is 2.68. The molecule has 1 aromatic heterocycles. The first-order valence-electron chi connectivity index (χ1n) is 11.6. The van der Waals surface area contributed by atoms with Crippen molar-refractivity contribution in [1.29, 1.82) is 0 Å². The van der Waals surface area contributed by atoms with E-state index >= 15 is 0 Å². The number of ether oxygens (including phenoxy) is 1. The fourth-order valence-corrected chi connectivity index (χ4v) is 6.85. The number of fused-ring (bicyclic) bond motifs is 1. The molecule has 34 heavy (non-hydrogen) atoms. The third kappa shape index (κ3) is 4.82. The molecule has 0 spiro atoms. The molecule has 0 unspecified atom stereocenters. The van der Waals surface area contributed by atoms with Crippen molar-refractivity contribution in [2.24, 2.45) is 0 Å². The molecule has 2 saturated heterocycles. The highest BCUT2D eigenvalue weighted by Gasteiger charge is 2.37. The minimum absolute atomic E-state index is 0.0489. The highest BCUT2D eigenvalue weighted by Crippen LogP contribution is 2.32. The summed E-state index contributed by atoms with van der Waals surface area (Å²) in [6.07, 6.45) is 2.44. The summed E-state index contributed by atoms with van der Waals surface area (Å²) < 4.78 is 29.7. The van der Waals surface area contributed by atoms with Gasteiger partial charge in [-0.1, -0.05) is 30.3 Å². The molecule has 9 heteroatoms. The number of sulfone groups is 1. The topological polar surface area (TPSA) is 103 Å². The average molecular weight is 484 g/mol. The van der Waals surface area contributed by atoms with Crippen LogP contribution >= 0.6 is 0 Å². The Hall–Kier alpha value is -2.88. The molecule has 0 saturated carbocycles. The third-order valence-corrected chi connectivity index (χ3v) is 8.65. The van der Waals surface area contributed by atoms with E-state index in [0.29, 0.717) is 50.5 Å². The molecule has 0 bridgehead atoms. The lowest BCUT2D eigenvalue weighted by atomic mass is 10.0. The molecule has 3 aromatic rings. The van der Waals surface area contributed by atoms with Gasteiger partial charge >= 0.3 is 5.97 Å². The highest BCUT2D eigenvalue weighted by molar-refractivity contribution is 7.91. The van der Waals surface area contributed by atoms with E-state index in [4.69, 9.17) is 4.74 Å². The minimum atomic E-state index is -2.94. The summed E-state index contributed by atoms with van der Waals surface area (Å²) in [6, 6.07) is 14.9. The number of nitrogens with one attached hydrogen (secondary N) is 1. The molecule has 5 rings (SSSR count). The second-order valence-corrected chi connectivity index (χ2v) is 11.3. The number of aromatic amines is 1. The van der Waals surface area contributed by atoms with Gasteiger partial charge in [-0.2, -0.15) is 0 Å². The first kappa shape index (κ1) is 22.9. The molecule has 2 aromatic carbocycles. The number of aromatic nitrogens is 1. The van der Waals surface area contributed by atoms with Crippen LogP contribution in [0.15, 0.2) is 54.7 Å². The Labute approximate surface area is 199 Å². The normalized spacial score (nSPS) is 22.1. The van der Waals surface area contributed by atoms with Crippen molar-refractivity contribution < 1.29 is 23.1 Å². The van der Waals surface area contributed by atoms with Gasteiger partial charge < -0.3 is 14.8 Å². The fraction of sp³-hybridized carbons (Fsp3) is 0.400. The Kier molecular flexibility index (Phi) is 6.33. The maximum Gasteiger partial charge on any atom is 0.325 e. The first-order chi connectivity index (χ1) is 16.4. The molecule has 2 fully saturated rings. The summed E-state index contributed by atoms with van der Waals surface area (Å²) in [5, 5.41) is 11.0. The van der Waals surface area contributed by atoms with Crippen LogP contribution in [0.2, 0.25) is 0 Å². The van der Waals surface area contributed by atoms with Crippen molar-refractivity contribution in [2.75, 3.05) is 37.7 Å². The molecule has 0 radical (unpaired) electrons. The Balaban J connectivity index is 1.32. The monoisotopic (exact) mass is 483 g/mol. The van der Waals surface area contributed by atoms with Crippen molar-refractivity contribution in [3.05, 3.63) is 65.9 Å². The van der Waals surface area contributed by atoms with Crippen molar-refractivity contribution in [3.63, 3.8) is 0 Å². The number of hydrogen-bond donors (Lipinski definition) is 2. The van der Waals surface area contributed by atoms with Crippen LogP contribution in [0.1, 0.15) is 23.6 Å². The number of benzene rings is 2. The molecular formula is C25H29N3O5S. The van der Waals surface area contributed by atoms with E-state index in [1.54, 1.807) is 6.20 Å². The van der Waals surface area contributed by atoms with E-state index in [-0.39, 0.29) is 17.5 Å². The number of aliphatic carboxylic acids is 1. The SMILES string of the molecule is O=C(O)[C@@H](c1c[nH]c2ccc(OCc3ccccc3)cc12)N1CCN([C@@H]2CCS(=O)(=O)C2)CC1. The number of nitrogens with zero attached hydrogens (tertiary/aromatic N) is 2. The van der Waals surface area contributed by atoms with Crippen LogP contribution in [0, 0.1) is 0 Å². The van der Waals surface area contributed by atoms with Crippen LogP contribution in [0.3, 0.4) is 0 Å². The molecule has 2 aliphatic heterocycles. The molecular weight excluding hydrogens is 454 g/mol. The van der Waals surface area contributed by atoms with E-state index in [2.05, 4.69) is 9.88 Å². The lowest BCUT2D eigenvalue weighted by Crippen LogP contribution is -2.52. The third-order valence-electron chi connectivity index (χ3n) is 6.90. The van der Waals surface area contributed by atoms with E-state index in [1.807, 2.05) is 53.4 Å². The van der Waals surface area contributed by atoms with E-state index in [1.165, 1.54) is 0 Å². The predicted molar refractivity (Wildman–Crippen MR) is 130 cm³/mol. The van der Waals surface area contributed by atoms with Gasteiger partial charge in [-0.05, 0) is 30.2 Å². The molecule has 2 aliphatic rings. The second kappa shape index (κ2) is 9.40. The maximum absolute atomic E-state index is 12.4. The van der Waals surface area contributed by atoms with Gasteiger partial charge in [0, 0.05) is 54.9 Å². The Bertz CT molecular complexity index is 1270. The summed E-state index contributed by atoms with van der Waals surface area (Å²) in [7, 11) is -2.94. The number of rotatable bonds is 7. The largest absolute Gasteiger partial charge is 0.489 e. The Morgan fingerprint density at radius 2 is 1.88 bits per heavy atom. The molecule has 0 aliphatic carbocycles. The number of carboxylic acids is 1. The van der Waals surface area contributed by atoms with Crippen LogP contribution in [-0.4, -0.2) is 78.0 Å². The van der Waals surface area contributed by atoms with Crippen molar-refractivity contribution in [2.45, 2.75) is 25.1 Å². The molecule has 3 heterocycles. The maximum atomic E-state index is 12.4. The molecule has 8 nitrogen and oxygen atoms in total. The standard InChI is InChI=1S/C25H29N3O5S/c29-25(30)24(28-11-9-27(10-12-28)19-8-13-34(31,32)17-19)22-15-26-23-7-6-20(14-21(22)23)33-16-18-4-2-1-3-5-18/h1-7,14-15,19,24,26H,8-13,16-17H2,(H,29,30)/t19-,24-/m1/s1. The summed E-state index contributed by atoms with van der Waals surface area (Å²) in [5.41, 5.74) is 2.64. The fourth-order valence-electron chi connectivity index (χ4n) is 5.09. The number of carboxylic acid groups (broad SMARTS) is 1. The van der Waals surface area contributed by atoms with Crippen LogP contribution in [-0.2, 0) is 21.2 Å². The number of hydrogen-bond acceptors (Lipinski definition) is 6. The molecule has 2 N–H and O–H groups in total. The molecule has 180 valence electrons. The van der Waals surface area contributed by atoms with Crippen molar-refractivity contribution in [1.82, 2.24) is 14.8 Å². The summed E-state index contributed by atoms with van der Waals surface area (Å²) >= 11 is 0. The van der Waals surface area contributed by atoms with Crippen molar-refractivity contribution >= 4 is 26.7 Å². The number of piperazine rings is 1. The van der Waals surface area contributed by atoms with Crippen LogP contribution in [0.5, 0.6) is 5.75 Å². The highest BCUT2D eigenvalue weighted by atomic mass is 32.2. The van der Waals surface area contributed by atoms with E-state index in [0.717, 1.165) is 16.5 Å². The zero-order valence-corrected chi connectivity index (χ0v) is 19.7. The van der Waals surface area contributed by atoms with Crippen LogP contribution < -0.4 is 4.74 Å². The van der Waals surface area contributed by atoms with Gasteiger partial charge in [0.1, 0.15) is 18.4 Å². The summed E-state index contributed by atoms with van der Waals surface area (Å²) in [4.78, 5) is 19.8.